The van der Waals surface area contributed by atoms with E-state index >= 15 is 0 Å². The second kappa shape index (κ2) is 7.31. The Morgan fingerprint density at radius 2 is 1.68 bits per heavy atom. The van der Waals surface area contributed by atoms with Crippen molar-refractivity contribution in [1.29, 1.82) is 0 Å². The lowest BCUT2D eigenvalue weighted by molar-refractivity contribution is -0.114. The third kappa shape index (κ3) is 3.29. The molecule has 28 heavy (non-hydrogen) atoms. The molecule has 0 aromatic heterocycles. The first-order valence-corrected chi connectivity index (χ1v) is 9.40. The molecule has 140 valence electrons. The summed E-state index contributed by atoms with van der Waals surface area (Å²) in [5.74, 6) is 0.632. The molecule has 4 heteroatoms. The first-order valence-electron chi connectivity index (χ1n) is 9.40. The lowest BCUT2D eigenvalue weighted by Gasteiger charge is -2.15. The summed E-state index contributed by atoms with van der Waals surface area (Å²) in [5, 5.41) is 8.08. The molecule has 0 saturated carbocycles. The van der Waals surface area contributed by atoms with Crippen LogP contribution < -0.4 is 9.75 Å². The number of carbonyl (C=O) groups is 1. The van der Waals surface area contributed by atoms with Gasteiger partial charge in [0.15, 0.2) is 0 Å². The quantitative estimate of drug-likeness (QED) is 0.574. The number of ether oxygens (including phenoxy) is 1. The van der Waals surface area contributed by atoms with Crippen molar-refractivity contribution in [3.8, 4) is 5.75 Å². The maximum Gasteiger partial charge on any atom is 0.280 e. The molecule has 3 aromatic carbocycles. The molecule has 0 N–H and O–H groups in total. The first kappa shape index (κ1) is 18.0. The van der Waals surface area contributed by atoms with Gasteiger partial charge in [-0.05, 0) is 55.8 Å². The monoisotopic (exact) mass is 370 g/mol. The molecule has 0 radical (unpaired) electrons. The van der Waals surface area contributed by atoms with Crippen molar-refractivity contribution in [2.24, 2.45) is 5.10 Å². The van der Waals surface area contributed by atoms with Gasteiger partial charge in [-0.15, -0.1) is 0 Å². The zero-order valence-corrected chi connectivity index (χ0v) is 16.2. The molecule has 1 aliphatic rings. The van der Waals surface area contributed by atoms with E-state index in [9.17, 15) is 4.79 Å². The third-order valence-corrected chi connectivity index (χ3v) is 4.65. The van der Waals surface area contributed by atoms with E-state index in [1.807, 2.05) is 81.4 Å². The van der Waals surface area contributed by atoms with E-state index in [0.29, 0.717) is 11.3 Å². The summed E-state index contributed by atoms with van der Waals surface area (Å²) in [6, 6.07) is 21.6. The van der Waals surface area contributed by atoms with Gasteiger partial charge in [0, 0.05) is 5.56 Å². The van der Waals surface area contributed by atoms with Crippen LogP contribution in [0.4, 0.5) is 5.69 Å². The van der Waals surface area contributed by atoms with Crippen LogP contribution in [0.5, 0.6) is 5.75 Å². The van der Waals surface area contributed by atoms with Crippen molar-refractivity contribution >= 4 is 34.2 Å². The third-order valence-electron chi connectivity index (χ3n) is 4.65. The Morgan fingerprint density at radius 3 is 2.43 bits per heavy atom. The van der Waals surface area contributed by atoms with E-state index in [2.05, 4.69) is 17.2 Å². The Kier molecular flexibility index (Phi) is 4.70. The van der Waals surface area contributed by atoms with Gasteiger partial charge in [-0.3, -0.25) is 4.79 Å². The minimum absolute atomic E-state index is 0.0353. The largest absolute Gasteiger partial charge is 0.490 e. The summed E-state index contributed by atoms with van der Waals surface area (Å²) in [6.07, 6.45) is 1.94. The van der Waals surface area contributed by atoms with Gasteiger partial charge in [0.2, 0.25) is 0 Å². The van der Waals surface area contributed by atoms with Crippen LogP contribution in [0.1, 0.15) is 26.3 Å². The lowest BCUT2D eigenvalue weighted by Crippen LogP contribution is -2.21. The molecule has 1 aliphatic heterocycles. The van der Waals surface area contributed by atoms with Gasteiger partial charge in [-0.25, -0.2) is 0 Å². The fraction of sp³-hybridized carbons (Fsp3) is 0.167. The number of amides is 1. The van der Waals surface area contributed by atoms with Crippen LogP contribution >= 0.6 is 0 Å². The Labute approximate surface area is 164 Å². The number of hydrogen-bond donors (Lipinski definition) is 0. The van der Waals surface area contributed by atoms with E-state index in [0.717, 1.165) is 27.8 Å². The summed E-state index contributed by atoms with van der Waals surface area (Å²) in [5.41, 5.74) is 2.93. The average Bonchev–Trinajstić information content (AvgIpc) is 2.98. The highest BCUT2D eigenvalue weighted by atomic mass is 16.5. The molecule has 0 bridgehead atoms. The van der Waals surface area contributed by atoms with E-state index in [-0.39, 0.29) is 12.0 Å². The highest BCUT2D eigenvalue weighted by Crippen LogP contribution is 2.33. The minimum Gasteiger partial charge on any atom is -0.490 e. The van der Waals surface area contributed by atoms with Crippen molar-refractivity contribution < 1.29 is 9.53 Å². The number of fused-ring (bicyclic) bond motifs is 1. The predicted molar refractivity (Wildman–Crippen MR) is 115 cm³/mol. The van der Waals surface area contributed by atoms with Crippen LogP contribution in [0.3, 0.4) is 0 Å². The highest BCUT2D eigenvalue weighted by Gasteiger charge is 2.29. The minimum atomic E-state index is -0.132. The van der Waals surface area contributed by atoms with Crippen LogP contribution in [0.2, 0.25) is 0 Å². The van der Waals surface area contributed by atoms with Gasteiger partial charge >= 0.3 is 0 Å². The topological polar surface area (TPSA) is 41.9 Å². The van der Waals surface area contributed by atoms with Crippen molar-refractivity contribution in [1.82, 2.24) is 0 Å². The Hall–Kier alpha value is -3.40. The maximum absolute atomic E-state index is 13.1. The fourth-order valence-electron chi connectivity index (χ4n) is 3.35. The summed E-state index contributed by atoms with van der Waals surface area (Å²) in [4.78, 5) is 13.1. The van der Waals surface area contributed by atoms with Crippen molar-refractivity contribution in [2.45, 2.75) is 26.9 Å². The Bertz CT molecular complexity index is 1100. The number of anilines is 1. The van der Waals surface area contributed by atoms with Gasteiger partial charge in [0.25, 0.3) is 5.91 Å². The van der Waals surface area contributed by atoms with E-state index < -0.39 is 0 Å². The first-order chi connectivity index (χ1) is 13.5. The molecule has 0 saturated heterocycles. The number of hydrazone groups is 1. The summed E-state index contributed by atoms with van der Waals surface area (Å²) in [6.45, 7) is 5.86. The molecule has 0 unspecified atom stereocenters. The van der Waals surface area contributed by atoms with E-state index in [1.165, 1.54) is 5.01 Å². The van der Waals surface area contributed by atoms with Crippen molar-refractivity contribution in [2.75, 3.05) is 5.01 Å². The molecule has 0 aliphatic carbocycles. The van der Waals surface area contributed by atoms with E-state index in [1.54, 1.807) is 0 Å². The second-order valence-electron chi connectivity index (χ2n) is 7.06. The SMILES string of the molecule is CC1=NN(c2ccccc2)C(=O)/C1=C/c1c(OC(C)C)ccc2ccccc12. The molecule has 3 aromatic rings. The summed E-state index contributed by atoms with van der Waals surface area (Å²) in [7, 11) is 0. The van der Waals surface area contributed by atoms with Gasteiger partial charge in [-0.1, -0.05) is 48.5 Å². The zero-order chi connectivity index (χ0) is 19.7. The molecule has 0 spiro atoms. The van der Waals surface area contributed by atoms with Crippen LogP contribution in [-0.2, 0) is 4.79 Å². The summed E-state index contributed by atoms with van der Waals surface area (Å²) >= 11 is 0. The summed E-state index contributed by atoms with van der Waals surface area (Å²) < 4.78 is 6.04. The van der Waals surface area contributed by atoms with E-state index in [4.69, 9.17) is 4.74 Å². The molecule has 1 heterocycles. The predicted octanol–water partition coefficient (Wildman–Crippen LogP) is 5.43. The fourth-order valence-corrected chi connectivity index (χ4v) is 3.35. The van der Waals surface area contributed by atoms with Crippen LogP contribution in [-0.4, -0.2) is 17.7 Å². The van der Waals surface area contributed by atoms with Crippen LogP contribution in [0.25, 0.3) is 16.8 Å². The zero-order valence-electron chi connectivity index (χ0n) is 16.2. The normalized spacial score (nSPS) is 15.6. The number of benzene rings is 3. The van der Waals surface area contributed by atoms with Gasteiger partial charge in [0.1, 0.15) is 5.75 Å². The van der Waals surface area contributed by atoms with Gasteiger partial charge in [0.05, 0.1) is 23.1 Å². The highest BCUT2D eigenvalue weighted by molar-refractivity contribution is 6.32. The van der Waals surface area contributed by atoms with Crippen molar-refractivity contribution in [3.05, 3.63) is 77.9 Å². The number of rotatable bonds is 4. The Balaban J connectivity index is 1.83. The number of para-hydroxylation sites is 1. The van der Waals surface area contributed by atoms with Crippen LogP contribution in [0, 0.1) is 0 Å². The number of nitrogens with zero attached hydrogens (tertiary/aromatic N) is 2. The Morgan fingerprint density at radius 1 is 0.964 bits per heavy atom. The lowest BCUT2D eigenvalue weighted by atomic mass is 9.99. The molecule has 1 amide bonds. The molecular weight excluding hydrogens is 348 g/mol. The molecule has 4 nitrogen and oxygen atoms in total. The average molecular weight is 370 g/mol. The van der Waals surface area contributed by atoms with Gasteiger partial charge < -0.3 is 4.74 Å². The molecule has 4 rings (SSSR count). The van der Waals surface area contributed by atoms with Crippen molar-refractivity contribution in [3.63, 3.8) is 0 Å². The number of carbonyl (C=O) groups excluding carboxylic acids is 1. The number of hydrogen-bond acceptors (Lipinski definition) is 3. The molecule has 0 fully saturated rings. The molecular formula is C24H22N2O2. The maximum atomic E-state index is 13.1. The second-order valence-corrected chi connectivity index (χ2v) is 7.06. The van der Waals surface area contributed by atoms with Gasteiger partial charge in [-0.2, -0.15) is 10.1 Å². The standard InChI is InChI=1S/C24H22N2O2/c1-16(2)28-23-14-13-18-9-7-8-12-20(18)22(23)15-21-17(3)25-26(24(21)27)19-10-5-4-6-11-19/h4-16H,1-3H3/b21-15+. The molecule has 0 atom stereocenters. The van der Waals surface area contributed by atoms with Crippen LogP contribution in [0.15, 0.2) is 77.4 Å². The smallest absolute Gasteiger partial charge is 0.280 e.